The Hall–Kier alpha value is -0.790. The molecule has 0 spiro atoms. The zero-order valence-corrected chi connectivity index (χ0v) is 4.02. The van der Waals surface area contributed by atoms with Crippen LogP contribution in [0, 0.1) is 7.11 Å². The summed E-state index contributed by atoms with van der Waals surface area (Å²) in [5.74, 6) is -0.352. The molecule has 0 fully saturated rings. The van der Waals surface area contributed by atoms with E-state index in [-0.39, 0.29) is 12.4 Å². The summed E-state index contributed by atoms with van der Waals surface area (Å²) in [4.78, 5) is 10.1. The molecule has 2 nitrogen and oxygen atoms in total. The summed E-state index contributed by atoms with van der Waals surface area (Å²) in [6.45, 7) is 3.32. The van der Waals surface area contributed by atoms with Crippen molar-refractivity contribution in [3.63, 3.8) is 0 Å². The number of carbonyl (C=O) groups excluding carboxylic acids is 1. The van der Waals surface area contributed by atoms with E-state index in [1.54, 1.807) is 0 Å². The topological polar surface area (TPSA) is 26.3 Å². The summed E-state index contributed by atoms with van der Waals surface area (Å²) < 4.78 is 4.03. The normalized spacial score (nSPS) is 7.57. The molecule has 0 aromatic rings. The van der Waals surface area contributed by atoms with Crippen LogP contribution in [-0.4, -0.2) is 5.97 Å². The molecule has 0 bridgehead atoms. The number of rotatable bonds is 2. The van der Waals surface area contributed by atoms with E-state index in [2.05, 4.69) is 18.4 Å². The Bertz CT molecular complexity index is 76.1. The van der Waals surface area contributed by atoms with Gasteiger partial charge in [-0.15, -0.1) is 6.58 Å². The minimum atomic E-state index is -0.352. The second-order valence-corrected chi connectivity index (χ2v) is 1.01. The Balaban J connectivity index is 3.17. The van der Waals surface area contributed by atoms with Crippen molar-refractivity contribution in [1.29, 1.82) is 0 Å². The molecule has 0 aromatic carbocycles. The molecule has 39 valence electrons. The highest BCUT2D eigenvalue weighted by molar-refractivity contribution is 5.70. The van der Waals surface area contributed by atoms with Gasteiger partial charge in [0.05, 0.1) is 6.42 Å². The predicted molar refractivity (Wildman–Crippen MR) is 26.3 cm³/mol. The van der Waals surface area contributed by atoms with Gasteiger partial charge in [0.15, 0.2) is 0 Å². The standard InChI is InChI=1S/C5H7O2/c1-3-4-5(6)7-2/h3H,1-2,4H2. The largest absolute Gasteiger partial charge is 0.462 e. The molecule has 0 atom stereocenters. The summed E-state index contributed by atoms with van der Waals surface area (Å²) >= 11 is 0. The molecule has 2 heteroatoms. The number of esters is 1. The van der Waals surface area contributed by atoms with E-state index in [0.29, 0.717) is 0 Å². The fourth-order valence-electron chi connectivity index (χ4n) is 0.177. The van der Waals surface area contributed by atoms with Crippen molar-refractivity contribution in [2.45, 2.75) is 6.42 Å². The smallest absolute Gasteiger partial charge is 0.309 e. The zero-order valence-electron chi connectivity index (χ0n) is 4.02. The molecule has 0 saturated heterocycles. The lowest BCUT2D eigenvalue weighted by Gasteiger charge is -1.87. The molecule has 0 aliphatic heterocycles. The number of hydrogen-bond donors (Lipinski definition) is 0. The fraction of sp³-hybridized carbons (Fsp3) is 0.200. The maximum atomic E-state index is 10.1. The third kappa shape index (κ3) is 3.03. The molecule has 7 heavy (non-hydrogen) atoms. The lowest BCUT2D eigenvalue weighted by Crippen LogP contribution is -1.94. The van der Waals surface area contributed by atoms with Crippen LogP contribution >= 0.6 is 0 Å². The molecule has 0 aromatic heterocycles. The molecule has 0 amide bonds. The first kappa shape index (κ1) is 6.21. The van der Waals surface area contributed by atoms with Gasteiger partial charge in [-0.25, -0.2) is 0 Å². The van der Waals surface area contributed by atoms with Crippen molar-refractivity contribution in [1.82, 2.24) is 0 Å². The molecule has 0 aliphatic carbocycles. The summed E-state index contributed by atoms with van der Waals surface area (Å²) in [6, 6.07) is 0. The van der Waals surface area contributed by atoms with Gasteiger partial charge in [-0.2, -0.15) is 0 Å². The average molecular weight is 99.1 g/mol. The highest BCUT2D eigenvalue weighted by atomic mass is 16.5. The van der Waals surface area contributed by atoms with Crippen molar-refractivity contribution in [2.24, 2.45) is 0 Å². The van der Waals surface area contributed by atoms with E-state index >= 15 is 0 Å². The number of ether oxygens (including phenoxy) is 1. The summed E-state index contributed by atoms with van der Waals surface area (Å²) in [7, 11) is 2.91. The molecule has 0 N–H and O–H groups in total. The fourth-order valence-corrected chi connectivity index (χ4v) is 0.177. The average Bonchev–Trinajstić information content (AvgIpc) is 1.68. The van der Waals surface area contributed by atoms with E-state index in [1.165, 1.54) is 6.08 Å². The van der Waals surface area contributed by atoms with Crippen molar-refractivity contribution in [3.05, 3.63) is 19.8 Å². The van der Waals surface area contributed by atoms with Gasteiger partial charge in [-0.1, -0.05) is 6.08 Å². The van der Waals surface area contributed by atoms with Gasteiger partial charge < -0.3 is 4.74 Å². The van der Waals surface area contributed by atoms with E-state index in [1.807, 2.05) is 0 Å². The van der Waals surface area contributed by atoms with Crippen molar-refractivity contribution >= 4 is 5.97 Å². The Morgan fingerprint density at radius 1 is 1.86 bits per heavy atom. The van der Waals surface area contributed by atoms with Crippen LogP contribution < -0.4 is 0 Å². The lowest BCUT2D eigenvalue weighted by molar-refractivity contribution is -0.137. The van der Waals surface area contributed by atoms with Crippen LogP contribution in [0.4, 0.5) is 0 Å². The first-order chi connectivity index (χ1) is 3.31. The van der Waals surface area contributed by atoms with Crippen LogP contribution in [0.3, 0.4) is 0 Å². The minimum Gasteiger partial charge on any atom is -0.462 e. The van der Waals surface area contributed by atoms with E-state index in [9.17, 15) is 4.79 Å². The number of carbonyl (C=O) groups is 1. The third-order valence-corrected chi connectivity index (χ3v) is 0.472. The maximum Gasteiger partial charge on any atom is 0.309 e. The van der Waals surface area contributed by atoms with Gasteiger partial charge in [-0.05, 0) is 0 Å². The lowest BCUT2D eigenvalue weighted by atomic mass is 10.4. The molecular weight excluding hydrogens is 92.1 g/mol. The summed E-state index contributed by atoms with van der Waals surface area (Å²) in [5, 5.41) is 0. The van der Waals surface area contributed by atoms with Gasteiger partial charge in [0, 0.05) is 0 Å². The SMILES string of the molecule is [CH2]OC(=O)CC=C. The van der Waals surface area contributed by atoms with Gasteiger partial charge in [0.2, 0.25) is 0 Å². The molecule has 0 aliphatic rings. The van der Waals surface area contributed by atoms with Crippen molar-refractivity contribution < 1.29 is 9.53 Å². The van der Waals surface area contributed by atoms with Crippen LogP contribution in [0.5, 0.6) is 0 Å². The van der Waals surface area contributed by atoms with Gasteiger partial charge >= 0.3 is 5.97 Å². The van der Waals surface area contributed by atoms with E-state index in [0.717, 1.165) is 0 Å². The van der Waals surface area contributed by atoms with Crippen LogP contribution in [0.15, 0.2) is 12.7 Å². The Kier molecular flexibility index (Phi) is 3.02. The van der Waals surface area contributed by atoms with E-state index < -0.39 is 0 Å². The van der Waals surface area contributed by atoms with Crippen molar-refractivity contribution in [3.8, 4) is 0 Å². The van der Waals surface area contributed by atoms with Crippen molar-refractivity contribution in [2.75, 3.05) is 0 Å². The first-order valence-corrected chi connectivity index (χ1v) is 1.87. The number of hydrogen-bond acceptors (Lipinski definition) is 2. The first-order valence-electron chi connectivity index (χ1n) is 1.87. The van der Waals surface area contributed by atoms with E-state index in [4.69, 9.17) is 0 Å². The highest BCUT2D eigenvalue weighted by Crippen LogP contribution is 1.82. The molecule has 1 radical (unpaired) electrons. The van der Waals surface area contributed by atoms with Crippen LogP contribution in [0.2, 0.25) is 0 Å². The van der Waals surface area contributed by atoms with Crippen LogP contribution in [-0.2, 0) is 9.53 Å². The van der Waals surface area contributed by atoms with Gasteiger partial charge in [-0.3, -0.25) is 4.79 Å². The Labute approximate surface area is 42.8 Å². The monoisotopic (exact) mass is 99.0 g/mol. The molecule has 0 saturated carbocycles. The Morgan fingerprint density at radius 2 is 2.43 bits per heavy atom. The van der Waals surface area contributed by atoms with Gasteiger partial charge in [0.1, 0.15) is 7.11 Å². The van der Waals surface area contributed by atoms with Crippen LogP contribution in [0.1, 0.15) is 6.42 Å². The highest BCUT2D eigenvalue weighted by Gasteiger charge is 1.90. The maximum absolute atomic E-state index is 10.1. The van der Waals surface area contributed by atoms with Gasteiger partial charge in [0.25, 0.3) is 0 Å². The Morgan fingerprint density at radius 3 is 2.57 bits per heavy atom. The predicted octanol–water partition coefficient (Wildman–Crippen LogP) is 0.897. The second kappa shape index (κ2) is 3.40. The third-order valence-electron chi connectivity index (χ3n) is 0.472. The molecular formula is C5H7O2. The molecule has 0 heterocycles. The molecule has 0 rings (SSSR count). The van der Waals surface area contributed by atoms with Crippen LogP contribution in [0.25, 0.3) is 0 Å². The molecule has 0 unspecified atom stereocenters. The minimum absolute atomic E-state index is 0.240. The quantitative estimate of drug-likeness (QED) is 0.379. The summed E-state index contributed by atoms with van der Waals surface area (Å²) in [6.07, 6.45) is 1.71. The zero-order chi connectivity index (χ0) is 5.70. The summed E-state index contributed by atoms with van der Waals surface area (Å²) in [5.41, 5.74) is 0. The second-order valence-electron chi connectivity index (χ2n) is 1.01.